The van der Waals surface area contributed by atoms with E-state index in [0.29, 0.717) is 0 Å². The standard InChI is InChI=1S/C10H14S/c1-4-10(2,3)7-9-5-6-11-8-9/h4-6,8H,1,7H2,2-3H3. The van der Waals surface area contributed by atoms with E-state index >= 15 is 0 Å². The minimum atomic E-state index is 0.237. The Balaban J connectivity index is 2.63. The molecule has 11 heavy (non-hydrogen) atoms. The Hall–Kier alpha value is -0.560. The van der Waals surface area contributed by atoms with Crippen molar-refractivity contribution in [2.24, 2.45) is 5.41 Å². The fourth-order valence-electron chi connectivity index (χ4n) is 0.992. The maximum Gasteiger partial charge on any atom is -0.00609 e. The van der Waals surface area contributed by atoms with Gasteiger partial charge in [-0.2, -0.15) is 11.3 Å². The maximum absolute atomic E-state index is 3.82. The third kappa shape index (κ3) is 2.51. The van der Waals surface area contributed by atoms with Gasteiger partial charge in [0.25, 0.3) is 0 Å². The molecule has 0 bridgehead atoms. The summed E-state index contributed by atoms with van der Waals surface area (Å²) in [5.41, 5.74) is 1.65. The molecule has 0 aliphatic rings. The van der Waals surface area contributed by atoms with Crippen molar-refractivity contribution >= 4 is 11.3 Å². The highest BCUT2D eigenvalue weighted by Crippen LogP contribution is 2.23. The monoisotopic (exact) mass is 166 g/mol. The molecule has 1 heterocycles. The van der Waals surface area contributed by atoms with Gasteiger partial charge in [0.2, 0.25) is 0 Å². The number of hydrogen-bond donors (Lipinski definition) is 0. The van der Waals surface area contributed by atoms with E-state index in [1.807, 2.05) is 6.08 Å². The quantitative estimate of drug-likeness (QED) is 0.603. The zero-order valence-electron chi connectivity index (χ0n) is 7.13. The van der Waals surface area contributed by atoms with Crippen molar-refractivity contribution < 1.29 is 0 Å². The summed E-state index contributed by atoms with van der Waals surface area (Å²) in [6, 6.07) is 2.18. The highest BCUT2D eigenvalue weighted by molar-refractivity contribution is 7.07. The van der Waals surface area contributed by atoms with Gasteiger partial charge in [0.15, 0.2) is 0 Å². The van der Waals surface area contributed by atoms with Crippen LogP contribution in [0.25, 0.3) is 0 Å². The van der Waals surface area contributed by atoms with Crippen LogP contribution in [0.2, 0.25) is 0 Å². The molecule has 0 saturated carbocycles. The van der Waals surface area contributed by atoms with Crippen LogP contribution < -0.4 is 0 Å². The lowest BCUT2D eigenvalue weighted by atomic mass is 9.87. The Kier molecular flexibility index (Phi) is 2.50. The van der Waals surface area contributed by atoms with Crippen molar-refractivity contribution in [3.8, 4) is 0 Å². The van der Waals surface area contributed by atoms with Crippen LogP contribution in [-0.2, 0) is 6.42 Å². The van der Waals surface area contributed by atoms with E-state index in [1.54, 1.807) is 11.3 Å². The molecule has 0 atom stereocenters. The molecular formula is C10H14S. The summed E-state index contributed by atoms with van der Waals surface area (Å²) in [6.45, 7) is 8.23. The van der Waals surface area contributed by atoms with Gasteiger partial charge in [-0.25, -0.2) is 0 Å². The van der Waals surface area contributed by atoms with Crippen LogP contribution in [0, 0.1) is 5.41 Å². The zero-order chi connectivity index (χ0) is 8.32. The van der Waals surface area contributed by atoms with Gasteiger partial charge < -0.3 is 0 Å². The van der Waals surface area contributed by atoms with E-state index in [2.05, 4.69) is 37.3 Å². The molecule has 0 nitrogen and oxygen atoms in total. The molecule has 0 N–H and O–H groups in total. The molecular weight excluding hydrogens is 152 g/mol. The maximum atomic E-state index is 3.82. The van der Waals surface area contributed by atoms with Crippen molar-refractivity contribution in [2.75, 3.05) is 0 Å². The molecule has 1 aromatic rings. The fraction of sp³-hybridized carbons (Fsp3) is 0.400. The van der Waals surface area contributed by atoms with Crippen molar-refractivity contribution in [1.29, 1.82) is 0 Å². The number of rotatable bonds is 3. The molecule has 0 aromatic carbocycles. The summed E-state index contributed by atoms with van der Waals surface area (Å²) in [5, 5.41) is 4.32. The molecule has 0 aliphatic carbocycles. The molecule has 0 amide bonds. The second-order valence-corrected chi connectivity index (χ2v) is 4.28. The first kappa shape index (κ1) is 8.54. The molecule has 0 aliphatic heterocycles. The SMILES string of the molecule is C=CC(C)(C)Cc1ccsc1. The van der Waals surface area contributed by atoms with Crippen LogP contribution in [0.4, 0.5) is 0 Å². The lowest BCUT2D eigenvalue weighted by Gasteiger charge is -2.18. The Morgan fingerprint density at radius 3 is 2.82 bits per heavy atom. The molecule has 1 rings (SSSR count). The zero-order valence-corrected chi connectivity index (χ0v) is 7.95. The van der Waals surface area contributed by atoms with Gasteiger partial charge in [-0.3, -0.25) is 0 Å². The summed E-state index contributed by atoms with van der Waals surface area (Å²) in [6.07, 6.45) is 3.12. The van der Waals surface area contributed by atoms with Crippen LogP contribution in [-0.4, -0.2) is 0 Å². The highest BCUT2D eigenvalue weighted by Gasteiger charge is 2.13. The predicted molar refractivity (Wildman–Crippen MR) is 52.0 cm³/mol. The van der Waals surface area contributed by atoms with E-state index < -0.39 is 0 Å². The van der Waals surface area contributed by atoms with Crippen molar-refractivity contribution in [1.82, 2.24) is 0 Å². The summed E-state index contributed by atoms with van der Waals surface area (Å²) >= 11 is 1.76. The summed E-state index contributed by atoms with van der Waals surface area (Å²) in [5.74, 6) is 0. The normalized spacial score (nSPS) is 11.5. The van der Waals surface area contributed by atoms with E-state index in [4.69, 9.17) is 0 Å². The van der Waals surface area contributed by atoms with E-state index in [0.717, 1.165) is 6.42 Å². The van der Waals surface area contributed by atoms with E-state index in [9.17, 15) is 0 Å². The van der Waals surface area contributed by atoms with Gasteiger partial charge in [-0.05, 0) is 34.2 Å². The van der Waals surface area contributed by atoms with Gasteiger partial charge in [0, 0.05) is 0 Å². The lowest BCUT2D eigenvalue weighted by Crippen LogP contribution is -2.09. The Morgan fingerprint density at radius 2 is 2.36 bits per heavy atom. The number of allylic oxidation sites excluding steroid dienone is 1. The molecule has 0 radical (unpaired) electrons. The van der Waals surface area contributed by atoms with E-state index in [-0.39, 0.29) is 5.41 Å². The van der Waals surface area contributed by atoms with Gasteiger partial charge >= 0.3 is 0 Å². The average molecular weight is 166 g/mol. The van der Waals surface area contributed by atoms with Gasteiger partial charge in [-0.15, -0.1) is 6.58 Å². The molecule has 0 spiro atoms. The number of hydrogen-bond acceptors (Lipinski definition) is 1. The van der Waals surface area contributed by atoms with E-state index in [1.165, 1.54) is 5.56 Å². The van der Waals surface area contributed by atoms with Gasteiger partial charge in [-0.1, -0.05) is 19.9 Å². The minimum absolute atomic E-state index is 0.237. The lowest BCUT2D eigenvalue weighted by molar-refractivity contribution is 0.480. The highest BCUT2D eigenvalue weighted by atomic mass is 32.1. The van der Waals surface area contributed by atoms with Crippen molar-refractivity contribution in [3.05, 3.63) is 35.0 Å². The molecule has 60 valence electrons. The second-order valence-electron chi connectivity index (χ2n) is 3.50. The second kappa shape index (κ2) is 3.22. The molecule has 0 saturated heterocycles. The average Bonchev–Trinajstić information content (AvgIpc) is 2.39. The van der Waals surface area contributed by atoms with Crippen LogP contribution in [0.15, 0.2) is 29.5 Å². The van der Waals surface area contributed by atoms with Crippen molar-refractivity contribution in [3.63, 3.8) is 0 Å². The summed E-state index contributed by atoms with van der Waals surface area (Å²) in [4.78, 5) is 0. The Bertz CT molecular complexity index is 219. The Labute approximate surface area is 72.6 Å². The summed E-state index contributed by atoms with van der Waals surface area (Å²) in [7, 11) is 0. The first-order valence-corrected chi connectivity index (χ1v) is 4.73. The molecule has 0 unspecified atom stereocenters. The van der Waals surface area contributed by atoms with Gasteiger partial charge in [0.1, 0.15) is 0 Å². The smallest absolute Gasteiger partial charge is 0.00609 e. The van der Waals surface area contributed by atoms with Crippen LogP contribution in [0.5, 0.6) is 0 Å². The predicted octanol–water partition coefficient (Wildman–Crippen LogP) is 3.50. The largest absolute Gasteiger partial charge is 0.152 e. The van der Waals surface area contributed by atoms with Crippen LogP contribution in [0.1, 0.15) is 19.4 Å². The molecule has 1 aromatic heterocycles. The Morgan fingerprint density at radius 1 is 1.64 bits per heavy atom. The summed E-state index contributed by atoms with van der Waals surface area (Å²) < 4.78 is 0. The first-order chi connectivity index (χ1) is 5.14. The third-order valence-electron chi connectivity index (χ3n) is 1.79. The number of thiophene rings is 1. The van der Waals surface area contributed by atoms with Crippen molar-refractivity contribution in [2.45, 2.75) is 20.3 Å². The van der Waals surface area contributed by atoms with Gasteiger partial charge in [0.05, 0.1) is 0 Å². The minimum Gasteiger partial charge on any atom is -0.152 e. The van der Waals surface area contributed by atoms with Crippen LogP contribution in [0.3, 0.4) is 0 Å². The topological polar surface area (TPSA) is 0 Å². The third-order valence-corrected chi connectivity index (χ3v) is 2.52. The fourth-order valence-corrected chi connectivity index (χ4v) is 1.66. The molecule has 0 fully saturated rings. The first-order valence-electron chi connectivity index (χ1n) is 3.79. The molecule has 1 heteroatoms. The van der Waals surface area contributed by atoms with Crippen LogP contribution >= 0.6 is 11.3 Å².